The molecule has 1 heterocycles. The lowest BCUT2D eigenvalue weighted by atomic mass is 10.2. The van der Waals surface area contributed by atoms with Crippen molar-refractivity contribution in [2.24, 2.45) is 0 Å². The maximum atomic E-state index is 13.0. The molecule has 28 heavy (non-hydrogen) atoms. The van der Waals surface area contributed by atoms with Crippen LogP contribution in [0.25, 0.3) is 11.4 Å². The number of nitrogens with zero attached hydrogens (tertiary/aromatic N) is 4. The van der Waals surface area contributed by atoms with E-state index in [0.29, 0.717) is 17.4 Å². The minimum Gasteiger partial charge on any atom is -0.378 e. The Kier molecular flexibility index (Phi) is 6.30. The smallest absolute Gasteiger partial charge is 0.234 e. The summed E-state index contributed by atoms with van der Waals surface area (Å²) in [5.41, 5.74) is 2.62. The fourth-order valence-electron chi connectivity index (χ4n) is 2.68. The molecule has 0 aliphatic heterocycles. The van der Waals surface area contributed by atoms with E-state index in [1.54, 1.807) is 0 Å². The van der Waals surface area contributed by atoms with Gasteiger partial charge in [-0.1, -0.05) is 23.9 Å². The van der Waals surface area contributed by atoms with E-state index in [1.165, 1.54) is 36.0 Å². The number of thioether (sulfide) groups is 1. The second-order valence-corrected chi connectivity index (χ2v) is 7.28. The number of aromatic nitrogens is 3. The number of anilines is 2. The Labute approximate surface area is 167 Å². The zero-order valence-corrected chi connectivity index (χ0v) is 16.8. The first-order valence-electron chi connectivity index (χ1n) is 8.87. The van der Waals surface area contributed by atoms with E-state index in [1.807, 2.05) is 48.7 Å². The molecule has 146 valence electrons. The summed E-state index contributed by atoms with van der Waals surface area (Å²) in [7, 11) is 3.98. The van der Waals surface area contributed by atoms with Gasteiger partial charge in [0.15, 0.2) is 11.0 Å². The molecule has 0 saturated heterocycles. The molecule has 1 aromatic heterocycles. The van der Waals surface area contributed by atoms with Crippen LogP contribution in [-0.4, -0.2) is 40.5 Å². The van der Waals surface area contributed by atoms with Gasteiger partial charge in [0.05, 0.1) is 5.75 Å². The lowest BCUT2D eigenvalue weighted by Gasteiger charge is -2.14. The third-order valence-electron chi connectivity index (χ3n) is 4.11. The Morgan fingerprint density at radius 2 is 1.93 bits per heavy atom. The van der Waals surface area contributed by atoms with E-state index < -0.39 is 0 Å². The molecule has 0 aliphatic carbocycles. The van der Waals surface area contributed by atoms with E-state index in [2.05, 4.69) is 21.6 Å². The molecule has 0 bridgehead atoms. The van der Waals surface area contributed by atoms with Gasteiger partial charge >= 0.3 is 0 Å². The van der Waals surface area contributed by atoms with Crippen LogP contribution in [0.15, 0.2) is 53.7 Å². The van der Waals surface area contributed by atoms with Crippen LogP contribution in [0, 0.1) is 5.82 Å². The topological polar surface area (TPSA) is 63.1 Å². The van der Waals surface area contributed by atoms with E-state index in [9.17, 15) is 9.18 Å². The van der Waals surface area contributed by atoms with Crippen LogP contribution in [0.1, 0.15) is 6.92 Å². The average molecular weight is 399 g/mol. The monoisotopic (exact) mass is 399 g/mol. The van der Waals surface area contributed by atoms with Gasteiger partial charge in [0.2, 0.25) is 5.91 Å². The molecule has 0 atom stereocenters. The van der Waals surface area contributed by atoms with Crippen molar-refractivity contribution in [3.63, 3.8) is 0 Å². The number of rotatable bonds is 7. The van der Waals surface area contributed by atoms with Crippen molar-refractivity contribution in [1.29, 1.82) is 0 Å². The van der Waals surface area contributed by atoms with Crippen molar-refractivity contribution in [3.8, 4) is 11.4 Å². The molecule has 1 N–H and O–H groups in total. The van der Waals surface area contributed by atoms with Crippen molar-refractivity contribution >= 4 is 29.0 Å². The van der Waals surface area contributed by atoms with Crippen molar-refractivity contribution in [2.75, 3.05) is 30.1 Å². The summed E-state index contributed by atoms with van der Waals surface area (Å²) in [5.74, 6) is 0.438. The van der Waals surface area contributed by atoms with Gasteiger partial charge in [-0.2, -0.15) is 0 Å². The van der Waals surface area contributed by atoms with Crippen LogP contribution < -0.4 is 10.2 Å². The fourth-order valence-corrected chi connectivity index (χ4v) is 3.48. The number of amides is 1. The summed E-state index contributed by atoms with van der Waals surface area (Å²) < 4.78 is 14.9. The number of carbonyl (C=O) groups excluding carboxylic acids is 1. The molecule has 3 rings (SSSR count). The van der Waals surface area contributed by atoms with Crippen LogP contribution >= 0.6 is 11.8 Å². The number of nitrogens with one attached hydrogen (secondary N) is 1. The lowest BCUT2D eigenvalue weighted by Crippen LogP contribution is -2.14. The average Bonchev–Trinajstić information content (AvgIpc) is 3.11. The van der Waals surface area contributed by atoms with Crippen molar-refractivity contribution in [3.05, 3.63) is 54.3 Å². The van der Waals surface area contributed by atoms with Crippen molar-refractivity contribution < 1.29 is 9.18 Å². The molecule has 2 aromatic carbocycles. The van der Waals surface area contributed by atoms with Gasteiger partial charge < -0.3 is 14.8 Å². The van der Waals surface area contributed by atoms with Gasteiger partial charge in [-0.15, -0.1) is 10.2 Å². The summed E-state index contributed by atoms with van der Waals surface area (Å²) in [4.78, 5) is 14.2. The van der Waals surface area contributed by atoms with E-state index in [0.717, 1.165) is 17.1 Å². The van der Waals surface area contributed by atoms with Crippen molar-refractivity contribution in [1.82, 2.24) is 14.8 Å². The first-order valence-corrected chi connectivity index (χ1v) is 9.85. The number of halogens is 1. The Balaban J connectivity index is 1.71. The van der Waals surface area contributed by atoms with Gasteiger partial charge in [0.25, 0.3) is 0 Å². The Hall–Kier alpha value is -2.87. The summed E-state index contributed by atoms with van der Waals surface area (Å²) >= 11 is 1.32. The molecule has 6 nitrogen and oxygen atoms in total. The highest BCUT2D eigenvalue weighted by atomic mass is 32.2. The summed E-state index contributed by atoms with van der Waals surface area (Å²) in [5, 5.41) is 12.0. The summed E-state index contributed by atoms with van der Waals surface area (Å²) in [6.07, 6.45) is 0. The van der Waals surface area contributed by atoms with Gasteiger partial charge in [-0.25, -0.2) is 4.39 Å². The number of hydrogen-bond donors (Lipinski definition) is 1. The zero-order chi connectivity index (χ0) is 20.1. The highest BCUT2D eigenvalue weighted by molar-refractivity contribution is 7.99. The van der Waals surface area contributed by atoms with Crippen LogP contribution in [0.2, 0.25) is 0 Å². The maximum absolute atomic E-state index is 13.0. The van der Waals surface area contributed by atoms with Gasteiger partial charge in [0, 0.05) is 37.6 Å². The molecule has 0 saturated carbocycles. The maximum Gasteiger partial charge on any atom is 0.234 e. The minimum atomic E-state index is -0.339. The predicted molar refractivity (Wildman–Crippen MR) is 111 cm³/mol. The van der Waals surface area contributed by atoms with E-state index in [-0.39, 0.29) is 17.5 Å². The van der Waals surface area contributed by atoms with Gasteiger partial charge in [0.1, 0.15) is 5.82 Å². The van der Waals surface area contributed by atoms with Crippen LogP contribution in [0.5, 0.6) is 0 Å². The fraction of sp³-hybridized carbons (Fsp3) is 0.250. The quantitative estimate of drug-likeness (QED) is 0.611. The van der Waals surface area contributed by atoms with Gasteiger partial charge in [-0.05, 0) is 43.3 Å². The SMILES string of the molecule is CCn1c(SCC(=O)Nc2ccc(F)cc2)nnc1-c1cccc(N(C)C)c1. The Morgan fingerprint density at radius 3 is 2.61 bits per heavy atom. The number of hydrogen-bond acceptors (Lipinski definition) is 5. The second-order valence-electron chi connectivity index (χ2n) is 6.34. The third-order valence-corrected chi connectivity index (χ3v) is 5.08. The van der Waals surface area contributed by atoms with E-state index >= 15 is 0 Å². The standard InChI is InChI=1S/C20H22FN5OS/c1-4-26-19(14-6-5-7-17(12-14)25(2)3)23-24-20(26)28-13-18(27)22-16-10-8-15(21)9-11-16/h5-12H,4,13H2,1-3H3,(H,22,27). The third kappa shape index (κ3) is 4.69. The molecular formula is C20H22FN5OS. The normalized spacial score (nSPS) is 10.7. The highest BCUT2D eigenvalue weighted by Gasteiger charge is 2.15. The molecule has 0 unspecified atom stereocenters. The molecule has 8 heteroatoms. The number of benzene rings is 2. The second kappa shape index (κ2) is 8.88. The first-order chi connectivity index (χ1) is 13.5. The molecule has 0 aliphatic rings. The number of carbonyl (C=O) groups is 1. The van der Waals surface area contributed by atoms with Crippen molar-refractivity contribution in [2.45, 2.75) is 18.6 Å². The molecule has 0 radical (unpaired) electrons. The molecular weight excluding hydrogens is 377 g/mol. The predicted octanol–water partition coefficient (Wildman–Crippen LogP) is 3.90. The first kappa shape index (κ1) is 19.9. The zero-order valence-electron chi connectivity index (χ0n) is 16.0. The molecule has 1 amide bonds. The highest BCUT2D eigenvalue weighted by Crippen LogP contribution is 2.26. The van der Waals surface area contributed by atoms with Crippen LogP contribution in [0.3, 0.4) is 0 Å². The van der Waals surface area contributed by atoms with Crippen LogP contribution in [-0.2, 0) is 11.3 Å². The summed E-state index contributed by atoms with van der Waals surface area (Å²) in [6.45, 7) is 2.71. The molecule has 0 fully saturated rings. The Morgan fingerprint density at radius 1 is 1.18 bits per heavy atom. The Bertz CT molecular complexity index is 955. The van der Waals surface area contributed by atoms with Crippen LogP contribution in [0.4, 0.5) is 15.8 Å². The summed E-state index contributed by atoms with van der Waals surface area (Å²) in [6, 6.07) is 13.8. The minimum absolute atomic E-state index is 0.182. The largest absolute Gasteiger partial charge is 0.378 e. The molecule has 0 spiro atoms. The lowest BCUT2D eigenvalue weighted by molar-refractivity contribution is -0.113. The molecule has 3 aromatic rings. The van der Waals surface area contributed by atoms with E-state index in [4.69, 9.17) is 0 Å². The van der Waals surface area contributed by atoms with Gasteiger partial charge in [-0.3, -0.25) is 4.79 Å².